The lowest BCUT2D eigenvalue weighted by Crippen LogP contribution is -2.54. The molecule has 1 saturated heterocycles. The fourth-order valence-electron chi connectivity index (χ4n) is 3.26. The number of urea groups is 1. The first-order valence-electron chi connectivity index (χ1n) is 9.09. The maximum absolute atomic E-state index is 12.3. The van der Waals surface area contributed by atoms with E-state index in [0.29, 0.717) is 18.4 Å². The average molecular weight is 340 g/mol. The highest BCUT2D eigenvalue weighted by Crippen LogP contribution is 2.20. The molecule has 2 amide bonds. The zero-order valence-corrected chi connectivity index (χ0v) is 15.4. The van der Waals surface area contributed by atoms with Crippen LogP contribution in [0.4, 0.5) is 4.79 Å². The van der Waals surface area contributed by atoms with E-state index in [-0.39, 0.29) is 6.03 Å². The summed E-state index contributed by atoms with van der Waals surface area (Å²) in [5.74, 6) is 2.04. The highest BCUT2D eigenvalue weighted by atomic mass is 16.2. The highest BCUT2D eigenvalue weighted by Gasteiger charge is 2.30. The van der Waals surface area contributed by atoms with Crippen LogP contribution in [0.1, 0.15) is 30.8 Å². The Hall–Kier alpha value is -2.30. The van der Waals surface area contributed by atoms with Crippen molar-refractivity contribution in [2.75, 3.05) is 13.1 Å². The molecule has 3 rings (SSSR count). The molecule has 134 valence electrons. The van der Waals surface area contributed by atoms with E-state index >= 15 is 0 Å². The molecule has 5 heteroatoms. The van der Waals surface area contributed by atoms with Gasteiger partial charge in [0.1, 0.15) is 5.82 Å². The molecule has 1 aromatic heterocycles. The summed E-state index contributed by atoms with van der Waals surface area (Å²) >= 11 is 0. The number of carbonyl (C=O) groups is 1. The van der Waals surface area contributed by atoms with Gasteiger partial charge in [0.05, 0.1) is 6.54 Å². The van der Waals surface area contributed by atoms with Crippen molar-refractivity contribution in [2.45, 2.75) is 40.3 Å². The Kier molecular flexibility index (Phi) is 5.41. The number of amides is 2. The lowest BCUT2D eigenvalue weighted by molar-refractivity contribution is 0.120. The van der Waals surface area contributed by atoms with Crippen molar-refractivity contribution in [3.05, 3.63) is 53.6 Å². The number of carbonyl (C=O) groups excluding carboxylic acids is 1. The van der Waals surface area contributed by atoms with Crippen LogP contribution >= 0.6 is 0 Å². The second-order valence-corrected chi connectivity index (χ2v) is 7.51. The Labute approximate surface area is 150 Å². The molecule has 1 N–H and O–H groups in total. The third-order valence-electron chi connectivity index (χ3n) is 4.65. The van der Waals surface area contributed by atoms with Gasteiger partial charge in [-0.1, -0.05) is 43.7 Å². The van der Waals surface area contributed by atoms with Crippen LogP contribution in [0.25, 0.3) is 0 Å². The molecule has 1 aromatic carbocycles. The number of hydrogen-bond donors (Lipinski definition) is 1. The molecular formula is C20H28N4O. The van der Waals surface area contributed by atoms with Gasteiger partial charge < -0.3 is 14.8 Å². The number of nitrogens with zero attached hydrogens (tertiary/aromatic N) is 3. The summed E-state index contributed by atoms with van der Waals surface area (Å²) in [5.41, 5.74) is 2.64. The molecule has 1 aliphatic heterocycles. The summed E-state index contributed by atoms with van der Waals surface area (Å²) in [6.07, 6.45) is 4.82. The van der Waals surface area contributed by atoms with E-state index in [0.717, 1.165) is 31.9 Å². The Balaban J connectivity index is 1.42. The SMILES string of the molecule is Cc1ccc(CC2CN(C(=O)NCc3nccn3CC(C)C)C2)cc1. The van der Waals surface area contributed by atoms with Gasteiger partial charge in [0.15, 0.2) is 0 Å². The third-order valence-corrected chi connectivity index (χ3v) is 4.65. The van der Waals surface area contributed by atoms with Crippen LogP contribution in [0.5, 0.6) is 0 Å². The molecule has 1 fully saturated rings. The smallest absolute Gasteiger partial charge is 0.317 e. The molecule has 2 aromatic rings. The van der Waals surface area contributed by atoms with Gasteiger partial charge >= 0.3 is 6.03 Å². The molecule has 25 heavy (non-hydrogen) atoms. The van der Waals surface area contributed by atoms with Gasteiger partial charge in [-0.15, -0.1) is 0 Å². The van der Waals surface area contributed by atoms with E-state index in [1.54, 1.807) is 6.20 Å². The lowest BCUT2D eigenvalue weighted by Gasteiger charge is -2.39. The van der Waals surface area contributed by atoms with Crippen molar-refractivity contribution in [2.24, 2.45) is 11.8 Å². The minimum absolute atomic E-state index is 0.0132. The first-order valence-corrected chi connectivity index (χ1v) is 9.09. The summed E-state index contributed by atoms with van der Waals surface area (Å²) in [7, 11) is 0. The molecule has 0 atom stereocenters. The molecular weight excluding hydrogens is 312 g/mol. The van der Waals surface area contributed by atoms with Crippen molar-refractivity contribution < 1.29 is 4.79 Å². The second-order valence-electron chi connectivity index (χ2n) is 7.51. The maximum atomic E-state index is 12.3. The van der Waals surface area contributed by atoms with Crippen LogP contribution in [0.3, 0.4) is 0 Å². The number of nitrogens with one attached hydrogen (secondary N) is 1. The van der Waals surface area contributed by atoms with Gasteiger partial charge in [-0.3, -0.25) is 0 Å². The second kappa shape index (κ2) is 7.72. The third kappa shape index (κ3) is 4.62. The molecule has 0 bridgehead atoms. The predicted octanol–water partition coefficient (Wildman–Crippen LogP) is 3.23. The van der Waals surface area contributed by atoms with Crippen molar-refractivity contribution in [3.63, 3.8) is 0 Å². The fraction of sp³-hybridized carbons (Fsp3) is 0.500. The molecule has 0 aliphatic carbocycles. The quantitative estimate of drug-likeness (QED) is 0.878. The van der Waals surface area contributed by atoms with Gasteiger partial charge in [0.2, 0.25) is 0 Å². The summed E-state index contributed by atoms with van der Waals surface area (Å²) in [4.78, 5) is 18.5. The van der Waals surface area contributed by atoms with Gasteiger partial charge in [-0.25, -0.2) is 9.78 Å². The molecule has 0 unspecified atom stereocenters. The van der Waals surface area contributed by atoms with E-state index in [2.05, 4.69) is 59.9 Å². The Morgan fingerprint density at radius 1 is 1.28 bits per heavy atom. The number of rotatable bonds is 6. The number of benzene rings is 1. The zero-order valence-electron chi connectivity index (χ0n) is 15.4. The number of likely N-dealkylation sites (tertiary alicyclic amines) is 1. The molecule has 1 aliphatic rings. The van der Waals surface area contributed by atoms with E-state index < -0.39 is 0 Å². The van der Waals surface area contributed by atoms with Crippen molar-refractivity contribution >= 4 is 6.03 Å². The van der Waals surface area contributed by atoms with Crippen LogP contribution in [-0.4, -0.2) is 33.6 Å². The first kappa shape index (κ1) is 17.5. The van der Waals surface area contributed by atoms with Gasteiger partial charge in [-0.2, -0.15) is 0 Å². The average Bonchev–Trinajstić information content (AvgIpc) is 2.96. The Bertz CT molecular complexity index is 699. The zero-order chi connectivity index (χ0) is 17.8. The molecule has 2 heterocycles. The molecule has 0 saturated carbocycles. The van der Waals surface area contributed by atoms with Crippen LogP contribution < -0.4 is 5.32 Å². The first-order chi connectivity index (χ1) is 12.0. The maximum Gasteiger partial charge on any atom is 0.317 e. The van der Waals surface area contributed by atoms with E-state index in [9.17, 15) is 4.79 Å². The summed E-state index contributed by atoms with van der Waals surface area (Å²) in [6.45, 7) is 9.53. The Morgan fingerprint density at radius 2 is 2.00 bits per heavy atom. The normalized spacial score (nSPS) is 14.6. The largest absolute Gasteiger partial charge is 0.333 e. The van der Waals surface area contributed by atoms with Crippen LogP contribution in [-0.2, 0) is 19.5 Å². The highest BCUT2D eigenvalue weighted by molar-refractivity contribution is 5.74. The summed E-state index contributed by atoms with van der Waals surface area (Å²) < 4.78 is 2.11. The van der Waals surface area contributed by atoms with Gasteiger partial charge in [0.25, 0.3) is 0 Å². The van der Waals surface area contributed by atoms with E-state index in [1.165, 1.54) is 11.1 Å². The van der Waals surface area contributed by atoms with Crippen molar-refractivity contribution in [3.8, 4) is 0 Å². The van der Waals surface area contributed by atoms with Crippen molar-refractivity contribution in [1.82, 2.24) is 19.8 Å². The number of imidazole rings is 1. The van der Waals surface area contributed by atoms with Crippen LogP contribution in [0.15, 0.2) is 36.7 Å². The standard InChI is InChI=1S/C20H28N4O/c1-15(2)12-23-9-8-21-19(23)11-22-20(25)24-13-18(14-24)10-17-6-4-16(3)5-7-17/h4-9,15,18H,10-14H2,1-3H3,(H,22,25). The number of aromatic nitrogens is 2. The minimum atomic E-state index is 0.0132. The fourth-order valence-corrected chi connectivity index (χ4v) is 3.26. The molecule has 0 spiro atoms. The van der Waals surface area contributed by atoms with E-state index in [4.69, 9.17) is 0 Å². The van der Waals surface area contributed by atoms with Crippen molar-refractivity contribution in [1.29, 1.82) is 0 Å². The summed E-state index contributed by atoms with van der Waals surface area (Å²) in [6, 6.07) is 8.69. The van der Waals surface area contributed by atoms with Gasteiger partial charge in [-0.05, 0) is 30.7 Å². The Morgan fingerprint density at radius 3 is 2.68 bits per heavy atom. The minimum Gasteiger partial charge on any atom is -0.333 e. The van der Waals surface area contributed by atoms with Crippen LogP contribution in [0.2, 0.25) is 0 Å². The number of hydrogen-bond acceptors (Lipinski definition) is 2. The lowest BCUT2D eigenvalue weighted by atomic mass is 9.92. The van der Waals surface area contributed by atoms with Crippen LogP contribution in [0, 0.1) is 18.8 Å². The topological polar surface area (TPSA) is 50.2 Å². The monoisotopic (exact) mass is 340 g/mol. The predicted molar refractivity (Wildman–Crippen MR) is 99.2 cm³/mol. The van der Waals surface area contributed by atoms with Gasteiger partial charge in [0, 0.05) is 32.0 Å². The summed E-state index contributed by atoms with van der Waals surface area (Å²) in [5, 5.41) is 3.00. The molecule has 5 nitrogen and oxygen atoms in total. The van der Waals surface area contributed by atoms with E-state index in [1.807, 2.05) is 11.1 Å². The number of aryl methyl sites for hydroxylation is 1. The molecule has 0 radical (unpaired) electrons.